The molecule has 0 bridgehead atoms. The van der Waals surface area contributed by atoms with Crippen LogP contribution < -0.4 is 5.43 Å². The Hall–Kier alpha value is -3.91. The standard InChI is InChI=1S/C25H23N5O2S/c1-17-12-14-20(15-13-17)30-24(19-8-4-3-5-9-19)28-29-25(30)33-16-23(32)27-26-18(2)21-10-6-7-11-22(21)31/h3-15,31H,16H2,1-2H3,(H,27,32). The molecule has 0 atom stereocenters. The van der Waals surface area contributed by atoms with Crippen molar-refractivity contribution in [1.29, 1.82) is 0 Å². The second-order valence-corrected chi connectivity index (χ2v) is 8.32. The van der Waals surface area contributed by atoms with Gasteiger partial charge in [-0.1, -0.05) is 71.9 Å². The van der Waals surface area contributed by atoms with E-state index in [1.807, 2.05) is 66.1 Å². The summed E-state index contributed by atoms with van der Waals surface area (Å²) in [4.78, 5) is 12.4. The number of hydrogen-bond donors (Lipinski definition) is 2. The van der Waals surface area contributed by atoms with Gasteiger partial charge in [-0.25, -0.2) is 5.43 Å². The third-order valence-corrected chi connectivity index (χ3v) is 5.86. The number of benzene rings is 3. The number of hydrazone groups is 1. The Balaban J connectivity index is 1.53. The molecule has 8 heteroatoms. The fourth-order valence-electron chi connectivity index (χ4n) is 3.21. The average molecular weight is 458 g/mol. The molecule has 33 heavy (non-hydrogen) atoms. The second kappa shape index (κ2) is 10.1. The van der Waals surface area contributed by atoms with E-state index >= 15 is 0 Å². The molecule has 0 fully saturated rings. The summed E-state index contributed by atoms with van der Waals surface area (Å²) >= 11 is 1.28. The molecule has 0 radical (unpaired) electrons. The zero-order valence-corrected chi connectivity index (χ0v) is 19.1. The largest absolute Gasteiger partial charge is 0.507 e. The number of para-hydroxylation sites is 1. The number of phenols is 1. The highest BCUT2D eigenvalue weighted by molar-refractivity contribution is 7.99. The topological polar surface area (TPSA) is 92.4 Å². The summed E-state index contributed by atoms with van der Waals surface area (Å²) in [6, 6.07) is 24.7. The first kappa shape index (κ1) is 22.3. The van der Waals surface area contributed by atoms with E-state index in [2.05, 4.69) is 20.7 Å². The quantitative estimate of drug-likeness (QED) is 0.241. The molecule has 0 saturated heterocycles. The lowest BCUT2D eigenvalue weighted by Crippen LogP contribution is -2.21. The number of rotatable bonds is 7. The maximum absolute atomic E-state index is 12.4. The molecular formula is C25H23N5O2S. The Kier molecular flexibility index (Phi) is 6.85. The minimum absolute atomic E-state index is 0.107. The van der Waals surface area contributed by atoms with Crippen molar-refractivity contribution in [1.82, 2.24) is 20.2 Å². The third-order valence-electron chi connectivity index (χ3n) is 4.93. The molecule has 166 valence electrons. The number of phenolic OH excluding ortho intramolecular Hbond substituents is 1. The Labute approximate surface area is 196 Å². The lowest BCUT2D eigenvalue weighted by molar-refractivity contribution is -0.118. The number of hydrogen-bond acceptors (Lipinski definition) is 6. The van der Waals surface area contributed by atoms with E-state index in [4.69, 9.17) is 0 Å². The van der Waals surface area contributed by atoms with E-state index in [-0.39, 0.29) is 17.4 Å². The molecule has 0 unspecified atom stereocenters. The molecule has 0 spiro atoms. The molecule has 4 rings (SSSR count). The van der Waals surface area contributed by atoms with Crippen LogP contribution in [0.2, 0.25) is 0 Å². The van der Waals surface area contributed by atoms with Crippen molar-refractivity contribution >= 4 is 23.4 Å². The summed E-state index contributed by atoms with van der Waals surface area (Å²) in [5.41, 5.74) is 6.63. The lowest BCUT2D eigenvalue weighted by atomic mass is 10.1. The summed E-state index contributed by atoms with van der Waals surface area (Å²) in [6.07, 6.45) is 0. The summed E-state index contributed by atoms with van der Waals surface area (Å²) < 4.78 is 1.95. The highest BCUT2D eigenvalue weighted by Crippen LogP contribution is 2.28. The van der Waals surface area contributed by atoms with Crippen molar-refractivity contribution in [2.24, 2.45) is 5.10 Å². The predicted octanol–water partition coefficient (Wildman–Crippen LogP) is 4.58. The van der Waals surface area contributed by atoms with Crippen LogP contribution in [-0.2, 0) is 4.79 Å². The van der Waals surface area contributed by atoms with Crippen LogP contribution in [0.15, 0.2) is 89.1 Å². The predicted molar refractivity (Wildman–Crippen MR) is 131 cm³/mol. The number of nitrogens with zero attached hydrogens (tertiary/aromatic N) is 4. The number of aromatic hydroxyl groups is 1. The van der Waals surface area contributed by atoms with Gasteiger partial charge in [0.15, 0.2) is 11.0 Å². The van der Waals surface area contributed by atoms with E-state index in [1.165, 1.54) is 11.8 Å². The van der Waals surface area contributed by atoms with Gasteiger partial charge >= 0.3 is 0 Å². The van der Waals surface area contributed by atoms with Gasteiger partial charge in [0.05, 0.1) is 11.5 Å². The molecule has 0 saturated carbocycles. The molecule has 0 aliphatic rings. The number of carbonyl (C=O) groups excluding carboxylic acids is 1. The van der Waals surface area contributed by atoms with Gasteiger partial charge < -0.3 is 5.11 Å². The molecule has 1 heterocycles. The summed E-state index contributed by atoms with van der Waals surface area (Å²) in [5.74, 6) is 0.642. The summed E-state index contributed by atoms with van der Waals surface area (Å²) in [5, 5.41) is 23.4. The van der Waals surface area contributed by atoms with Gasteiger partial charge in [0, 0.05) is 16.8 Å². The van der Waals surface area contributed by atoms with Crippen molar-refractivity contribution in [3.05, 3.63) is 90.0 Å². The Morgan fingerprint density at radius 2 is 1.70 bits per heavy atom. The van der Waals surface area contributed by atoms with Crippen molar-refractivity contribution in [2.75, 3.05) is 5.75 Å². The van der Waals surface area contributed by atoms with Crippen LogP contribution in [0, 0.1) is 6.92 Å². The second-order valence-electron chi connectivity index (χ2n) is 7.38. The minimum atomic E-state index is -0.283. The first-order valence-corrected chi connectivity index (χ1v) is 11.3. The van der Waals surface area contributed by atoms with Gasteiger partial charge in [0.2, 0.25) is 0 Å². The van der Waals surface area contributed by atoms with Crippen LogP contribution in [0.1, 0.15) is 18.1 Å². The van der Waals surface area contributed by atoms with Crippen molar-refractivity contribution in [3.63, 3.8) is 0 Å². The highest BCUT2D eigenvalue weighted by atomic mass is 32.2. The lowest BCUT2D eigenvalue weighted by Gasteiger charge is -2.10. The molecule has 7 nitrogen and oxygen atoms in total. The summed E-state index contributed by atoms with van der Waals surface area (Å²) in [6.45, 7) is 3.76. The first-order chi connectivity index (χ1) is 16.0. The molecule has 4 aromatic rings. The van der Waals surface area contributed by atoms with Crippen LogP contribution in [-0.4, -0.2) is 37.2 Å². The van der Waals surface area contributed by atoms with Crippen LogP contribution >= 0.6 is 11.8 Å². The van der Waals surface area contributed by atoms with Crippen molar-refractivity contribution < 1.29 is 9.90 Å². The molecule has 0 aliphatic carbocycles. The minimum Gasteiger partial charge on any atom is -0.507 e. The van der Waals surface area contributed by atoms with Crippen LogP contribution in [0.4, 0.5) is 0 Å². The smallest absolute Gasteiger partial charge is 0.250 e. The average Bonchev–Trinajstić information content (AvgIpc) is 3.26. The molecule has 0 aliphatic heterocycles. The van der Waals surface area contributed by atoms with E-state index in [1.54, 1.807) is 31.2 Å². The first-order valence-electron chi connectivity index (χ1n) is 10.3. The normalized spacial score (nSPS) is 11.4. The van der Waals surface area contributed by atoms with Gasteiger partial charge in [0.1, 0.15) is 5.75 Å². The van der Waals surface area contributed by atoms with E-state index in [9.17, 15) is 9.90 Å². The van der Waals surface area contributed by atoms with Crippen molar-refractivity contribution in [3.8, 4) is 22.8 Å². The number of aryl methyl sites for hydroxylation is 1. The molecule has 2 N–H and O–H groups in total. The number of carbonyl (C=O) groups is 1. The Morgan fingerprint density at radius 1 is 1.00 bits per heavy atom. The van der Waals surface area contributed by atoms with E-state index in [0.717, 1.165) is 16.8 Å². The van der Waals surface area contributed by atoms with Gasteiger partial charge in [-0.15, -0.1) is 10.2 Å². The van der Waals surface area contributed by atoms with Crippen LogP contribution in [0.25, 0.3) is 17.1 Å². The van der Waals surface area contributed by atoms with Gasteiger partial charge in [-0.2, -0.15) is 5.10 Å². The van der Waals surface area contributed by atoms with Gasteiger partial charge in [-0.3, -0.25) is 9.36 Å². The fourth-order valence-corrected chi connectivity index (χ4v) is 3.96. The Bertz CT molecular complexity index is 1280. The highest BCUT2D eigenvalue weighted by Gasteiger charge is 2.17. The molecular weight excluding hydrogens is 434 g/mol. The molecule has 1 amide bonds. The number of thioether (sulfide) groups is 1. The number of nitrogens with one attached hydrogen (secondary N) is 1. The summed E-state index contributed by atoms with van der Waals surface area (Å²) in [7, 11) is 0. The fraction of sp³-hybridized carbons (Fsp3) is 0.120. The maximum atomic E-state index is 12.4. The number of amides is 1. The van der Waals surface area contributed by atoms with E-state index in [0.29, 0.717) is 22.3 Å². The zero-order chi connectivity index (χ0) is 23.2. The zero-order valence-electron chi connectivity index (χ0n) is 18.3. The molecule has 1 aromatic heterocycles. The third kappa shape index (κ3) is 5.30. The SMILES string of the molecule is CC(=NNC(=O)CSc1nnc(-c2ccccc2)n1-c1ccc(C)cc1)c1ccccc1O. The van der Waals surface area contributed by atoms with Gasteiger partial charge in [-0.05, 0) is 38.1 Å². The van der Waals surface area contributed by atoms with Gasteiger partial charge in [0.25, 0.3) is 5.91 Å². The van der Waals surface area contributed by atoms with E-state index < -0.39 is 0 Å². The van der Waals surface area contributed by atoms with Crippen molar-refractivity contribution in [2.45, 2.75) is 19.0 Å². The van der Waals surface area contributed by atoms with Crippen LogP contribution in [0.5, 0.6) is 5.75 Å². The number of aromatic nitrogens is 3. The monoisotopic (exact) mass is 457 g/mol. The maximum Gasteiger partial charge on any atom is 0.250 e. The van der Waals surface area contributed by atoms with Crippen LogP contribution in [0.3, 0.4) is 0 Å². The Morgan fingerprint density at radius 3 is 2.42 bits per heavy atom. The molecule has 3 aromatic carbocycles.